The van der Waals surface area contributed by atoms with Crippen molar-refractivity contribution in [3.05, 3.63) is 35.9 Å². The molecule has 1 atom stereocenters. The molecule has 0 aliphatic carbocycles. The van der Waals surface area contributed by atoms with Crippen LogP contribution in [0.1, 0.15) is 31.2 Å². The van der Waals surface area contributed by atoms with Gasteiger partial charge < -0.3 is 19.4 Å². The molecule has 0 N–H and O–H groups in total. The lowest BCUT2D eigenvalue weighted by Crippen LogP contribution is -2.63. The number of benzene rings is 1. The zero-order valence-electron chi connectivity index (χ0n) is 15.6. The monoisotopic (exact) mass is 345 g/mol. The van der Waals surface area contributed by atoms with Crippen molar-refractivity contribution in [2.75, 3.05) is 46.8 Å². The summed E-state index contributed by atoms with van der Waals surface area (Å²) in [5, 5.41) is 0. The van der Waals surface area contributed by atoms with E-state index >= 15 is 0 Å². The molecule has 3 rings (SSSR count). The van der Waals surface area contributed by atoms with Gasteiger partial charge in [0.15, 0.2) is 0 Å². The second-order valence-electron chi connectivity index (χ2n) is 7.65. The highest BCUT2D eigenvalue weighted by Crippen LogP contribution is 2.29. The van der Waals surface area contributed by atoms with Gasteiger partial charge in [-0.05, 0) is 57.9 Å². The van der Waals surface area contributed by atoms with Crippen molar-refractivity contribution >= 4 is 6.09 Å². The SMILES string of the molecule is CN1CCC[C@@](CN2CCCC2)(N(C)C(=O)OCc2ccccc2)C1. The fourth-order valence-corrected chi connectivity index (χ4v) is 4.21. The Morgan fingerprint density at radius 1 is 1.16 bits per heavy atom. The molecule has 0 saturated carbocycles. The molecule has 1 aromatic rings. The summed E-state index contributed by atoms with van der Waals surface area (Å²) in [4.78, 5) is 19.5. The van der Waals surface area contributed by atoms with Gasteiger partial charge in [-0.15, -0.1) is 0 Å². The van der Waals surface area contributed by atoms with Crippen LogP contribution in [0.25, 0.3) is 0 Å². The average Bonchev–Trinajstić information content (AvgIpc) is 3.12. The number of piperidine rings is 1. The normalized spacial score (nSPS) is 25.0. The zero-order valence-corrected chi connectivity index (χ0v) is 15.6. The van der Waals surface area contributed by atoms with Gasteiger partial charge in [-0.2, -0.15) is 0 Å². The van der Waals surface area contributed by atoms with Crippen LogP contribution in [0.15, 0.2) is 30.3 Å². The second-order valence-corrected chi connectivity index (χ2v) is 7.65. The van der Waals surface area contributed by atoms with Crippen LogP contribution in [0.5, 0.6) is 0 Å². The maximum atomic E-state index is 12.8. The molecule has 0 bridgehead atoms. The van der Waals surface area contributed by atoms with E-state index in [1.165, 1.54) is 12.8 Å². The fraction of sp³-hybridized carbons (Fsp3) is 0.650. The molecule has 0 radical (unpaired) electrons. The van der Waals surface area contributed by atoms with Gasteiger partial charge in [0.1, 0.15) is 6.61 Å². The molecule has 2 saturated heterocycles. The molecule has 2 aliphatic heterocycles. The van der Waals surface area contributed by atoms with E-state index in [4.69, 9.17) is 4.74 Å². The molecular formula is C20H31N3O2. The predicted octanol–water partition coefficient (Wildman–Crippen LogP) is 2.82. The summed E-state index contributed by atoms with van der Waals surface area (Å²) in [5.41, 5.74) is 0.879. The second kappa shape index (κ2) is 8.19. The van der Waals surface area contributed by atoms with Crippen LogP contribution in [0, 0.1) is 0 Å². The highest BCUT2D eigenvalue weighted by molar-refractivity contribution is 5.68. The lowest BCUT2D eigenvalue weighted by molar-refractivity contribution is 0.00517. The van der Waals surface area contributed by atoms with Crippen LogP contribution in [0.4, 0.5) is 4.79 Å². The minimum atomic E-state index is -0.210. The smallest absolute Gasteiger partial charge is 0.410 e. The Labute approximate surface area is 151 Å². The number of ether oxygens (including phenoxy) is 1. The van der Waals surface area contributed by atoms with Crippen molar-refractivity contribution in [1.29, 1.82) is 0 Å². The van der Waals surface area contributed by atoms with E-state index in [9.17, 15) is 4.79 Å². The molecule has 1 amide bonds. The van der Waals surface area contributed by atoms with Crippen LogP contribution < -0.4 is 0 Å². The summed E-state index contributed by atoms with van der Waals surface area (Å²) >= 11 is 0. The predicted molar refractivity (Wildman–Crippen MR) is 99.5 cm³/mol. The van der Waals surface area contributed by atoms with Crippen LogP contribution in [-0.4, -0.2) is 73.2 Å². The molecule has 2 heterocycles. The summed E-state index contributed by atoms with van der Waals surface area (Å²) in [6, 6.07) is 9.89. The number of nitrogens with zero attached hydrogens (tertiary/aromatic N) is 3. The number of hydrogen-bond acceptors (Lipinski definition) is 4. The lowest BCUT2D eigenvalue weighted by Gasteiger charge is -2.48. The summed E-state index contributed by atoms with van der Waals surface area (Å²) in [6.45, 7) is 5.61. The Hall–Kier alpha value is -1.59. The number of carbonyl (C=O) groups is 1. The Balaban J connectivity index is 1.66. The van der Waals surface area contributed by atoms with Gasteiger partial charge in [0.25, 0.3) is 0 Å². The Bertz CT molecular complexity index is 559. The molecular weight excluding hydrogens is 314 g/mol. The Morgan fingerprint density at radius 2 is 1.88 bits per heavy atom. The topological polar surface area (TPSA) is 36.0 Å². The molecule has 5 heteroatoms. The van der Waals surface area contributed by atoms with Gasteiger partial charge >= 0.3 is 6.09 Å². The quantitative estimate of drug-likeness (QED) is 0.822. The van der Waals surface area contributed by atoms with Crippen LogP contribution >= 0.6 is 0 Å². The third-order valence-electron chi connectivity index (χ3n) is 5.65. The minimum absolute atomic E-state index is 0.148. The van der Waals surface area contributed by atoms with Gasteiger partial charge in [0.2, 0.25) is 0 Å². The first-order chi connectivity index (χ1) is 12.1. The molecule has 0 unspecified atom stereocenters. The first-order valence-electron chi connectivity index (χ1n) is 9.44. The average molecular weight is 345 g/mol. The molecule has 2 aliphatic rings. The molecule has 0 aromatic heterocycles. The van der Waals surface area contributed by atoms with E-state index in [2.05, 4.69) is 16.8 Å². The minimum Gasteiger partial charge on any atom is -0.445 e. The number of likely N-dealkylation sites (tertiary alicyclic amines) is 2. The molecule has 2 fully saturated rings. The number of amides is 1. The standard InChI is InChI=1S/C20H31N3O2/c1-21-12-8-11-20(16-21,17-23-13-6-7-14-23)22(2)19(24)25-15-18-9-4-3-5-10-18/h3-5,9-10H,6-8,11-17H2,1-2H3/t20-/m1/s1. The van der Waals surface area contributed by atoms with E-state index < -0.39 is 0 Å². The van der Waals surface area contributed by atoms with Gasteiger partial charge in [-0.25, -0.2) is 4.79 Å². The van der Waals surface area contributed by atoms with Crippen molar-refractivity contribution in [3.8, 4) is 0 Å². The summed E-state index contributed by atoms with van der Waals surface area (Å²) in [5.74, 6) is 0. The van der Waals surface area contributed by atoms with E-state index in [-0.39, 0.29) is 11.6 Å². The van der Waals surface area contributed by atoms with Crippen LogP contribution in [0.2, 0.25) is 0 Å². The van der Waals surface area contributed by atoms with Gasteiger partial charge in [0.05, 0.1) is 5.54 Å². The van der Waals surface area contributed by atoms with Gasteiger partial charge in [-0.1, -0.05) is 30.3 Å². The highest BCUT2D eigenvalue weighted by Gasteiger charge is 2.42. The van der Waals surface area contributed by atoms with E-state index in [0.29, 0.717) is 6.61 Å². The zero-order chi connectivity index (χ0) is 17.7. The number of likely N-dealkylation sites (N-methyl/N-ethyl adjacent to an activating group) is 2. The molecule has 1 aromatic carbocycles. The van der Waals surface area contributed by atoms with Gasteiger partial charge in [-0.3, -0.25) is 0 Å². The first-order valence-corrected chi connectivity index (χ1v) is 9.44. The maximum absolute atomic E-state index is 12.8. The largest absolute Gasteiger partial charge is 0.445 e. The van der Waals surface area contributed by atoms with Crippen molar-refractivity contribution in [2.45, 2.75) is 37.8 Å². The van der Waals surface area contributed by atoms with Crippen molar-refractivity contribution < 1.29 is 9.53 Å². The fourth-order valence-electron chi connectivity index (χ4n) is 4.21. The molecule has 25 heavy (non-hydrogen) atoms. The summed E-state index contributed by atoms with van der Waals surface area (Å²) < 4.78 is 5.62. The Kier molecular flexibility index (Phi) is 5.97. The summed E-state index contributed by atoms with van der Waals surface area (Å²) in [7, 11) is 4.07. The van der Waals surface area contributed by atoms with E-state index in [0.717, 1.165) is 51.1 Å². The van der Waals surface area contributed by atoms with Crippen molar-refractivity contribution in [1.82, 2.24) is 14.7 Å². The summed E-state index contributed by atoms with van der Waals surface area (Å²) in [6.07, 6.45) is 4.51. The maximum Gasteiger partial charge on any atom is 0.410 e. The van der Waals surface area contributed by atoms with Gasteiger partial charge in [0, 0.05) is 20.1 Å². The molecule has 5 nitrogen and oxygen atoms in total. The Morgan fingerprint density at radius 3 is 2.56 bits per heavy atom. The third kappa shape index (κ3) is 4.53. The van der Waals surface area contributed by atoms with Crippen molar-refractivity contribution in [2.24, 2.45) is 0 Å². The van der Waals surface area contributed by atoms with Crippen LogP contribution in [0.3, 0.4) is 0 Å². The lowest BCUT2D eigenvalue weighted by atomic mass is 9.87. The number of carbonyl (C=O) groups excluding carboxylic acids is 1. The highest BCUT2D eigenvalue weighted by atomic mass is 16.6. The van der Waals surface area contributed by atoms with Crippen molar-refractivity contribution in [3.63, 3.8) is 0 Å². The third-order valence-corrected chi connectivity index (χ3v) is 5.65. The van der Waals surface area contributed by atoms with Crippen LogP contribution in [-0.2, 0) is 11.3 Å². The van der Waals surface area contributed by atoms with E-state index in [1.54, 1.807) is 0 Å². The molecule has 0 spiro atoms. The first kappa shape index (κ1) is 18.2. The van der Waals surface area contributed by atoms with E-state index in [1.807, 2.05) is 42.3 Å². The number of hydrogen-bond donors (Lipinski definition) is 0. The number of rotatable bonds is 5. The molecule has 138 valence electrons.